The van der Waals surface area contributed by atoms with Crippen LogP contribution in [0.25, 0.3) is 10.8 Å². The molecular formula is C18H21ClN2O. The molecule has 0 atom stereocenters. The third-order valence-electron chi connectivity index (χ3n) is 4.73. The van der Waals surface area contributed by atoms with Gasteiger partial charge in [-0.15, -0.1) is 0 Å². The molecule has 2 heterocycles. The van der Waals surface area contributed by atoms with E-state index in [1.165, 1.54) is 19.4 Å². The Morgan fingerprint density at radius 2 is 2.00 bits per heavy atom. The number of pyridine rings is 1. The molecule has 4 rings (SSSR count). The molecule has 3 nitrogen and oxygen atoms in total. The quantitative estimate of drug-likeness (QED) is 0.847. The molecule has 1 saturated heterocycles. The summed E-state index contributed by atoms with van der Waals surface area (Å²) >= 11 is 6.34. The van der Waals surface area contributed by atoms with E-state index in [0.717, 1.165) is 48.4 Å². The zero-order valence-corrected chi connectivity index (χ0v) is 13.4. The van der Waals surface area contributed by atoms with Crippen LogP contribution in [0.15, 0.2) is 30.6 Å². The zero-order chi connectivity index (χ0) is 14.9. The first-order valence-electron chi connectivity index (χ1n) is 8.20. The maximum absolute atomic E-state index is 6.34. The van der Waals surface area contributed by atoms with Gasteiger partial charge >= 0.3 is 0 Å². The van der Waals surface area contributed by atoms with Crippen LogP contribution in [-0.4, -0.2) is 35.6 Å². The van der Waals surface area contributed by atoms with E-state index in [2.05, 4.69) is 16.0 Å². The first-order valence-corrected chi connectivity index (χ1v) is 8.58. The summed E-state index contributed by atoms with van der Waals surface area (Å²) in [6.45, 7) is 3.61. The largest absolute Gasteiger partial charge is 0.490 e. The number of rotatable bonds is 4. The predicted molar refractivity (Wildman–Crippen MR) is 89.6 cm³/mol. The Balaban J connectivity index is 1.41. The molecule has 1 aromatic carbocycles. The normalized spacial score (nSPS) is 20.4. The second kappa shape index (κ2) is 6.05. The van der Waals surface area contributed by atoms with Gasteiger partial charge in [0.2, 0.25) is 0 Å². The van der Waals surface area contributed by atoms with Crippen molar-refractivity contribution in [3.63, 3.8) is 0 Å². The number of likely N-dealkylation sites (tertiary alicyclic amines) is 1. The summed E-state index contributed by atoms with van der Waals surface area (Å²) in [6.07, 6.45) is 8.99. The van der Waals surface area contributed by atoms with Crippen LogP contribution in [0.1, 0.15) is 25.7 Å². The summed E-state index contributed by atoms with van der Waals surface area (Å²) in [6, 6.07) is 5.97. The molecule has 0 N–H and O–H groups in total. The van der Waals surface area contributed by atoms with E-state index in [-0.39, 0.29) is 0 Å². The molecule has 1 aliphatic carbocycles. The van der Waals surface area contributed by atoms with Gasteiger partial charge in [0, 0.05) is 37.4 Å². The highest BCUT2D eigenvalue weighted by Crippen LogP contribution is 2.32. The molecule has 0 unspecified atom stereocenters. The molecule has 0 spiro atoms. The number of piperidine rings is 1. The van der Waals surface area contributed by atoms with Crippen molar-refractivity contribution in [2.75, 3.05) is 19.6 Å². The summed E-state index contributed by atoms with van der Waals surface area (Å²) in [5, 5.41) is 2.78. The molecule has 2 aromatic rings. The molecule has 4 heteroatoms. The van der Waals surface area contributed by atoms with Gasteiger partial charge < -0.3 is 9.64 Å². The van der Waals surface area contributed by atoms with Crippen molar-refractivity contribution < 1.29 is 4.74 Å². The Morgan fingerprint density at radius 1 is 1.18 bits per heavy atom. The van der Waals surface area contributed by atoms with Gasteiger partial charge in [0.15, 0.2) is 0 Å². The van der Waals surface area contributed by atoms with Gasteiger partial charge in [-0.2, -0.15) is 0 Å². The van der Waals surface area contributed by atoms with Crippen molar-refractivity contribution in [1.82, 2.24) is 9.88 Å². The smallest absolute Gasteiger partial charge is 0.121 e. The molecule has 0 radical (unpaired) electrons. The lowest BCUT2D eigenvalue weighted by Gasteiger charge is -2.32. The number of ether oxygens (including phenoxy) is 1. The molecule has 1 aromatic heterocycles. The van der Waals surface area contributed by atoms with E-state index in [4.69, 9.17) is 16.3 Å². The Morgan fingerprint density at radius 3 is 2.77 bits per heavy atom. The van der Waals surface area contributed by atoms with Crippen LogP contribution in [0.2, 0.25) is 5.02 Å². The molecule has 1 aliphatic heterocycles. The van der Waals surface area contributed by atoms with Gasteiger partial charge in [0.05, 0.1) is 5.02 Å². The maximum Gasteiger partial charge on any atom is 0.121 e. The highest BCUT2D eigenvalue weighted by atomic mass is 35.5. The average molecular weight is 317 g/mol. The van der Waals surface area contributed by atoms with Gasteiger partial charge in [-0.05, 0) is 55.2 Å². The molecule has 116 valence electrons. The number of hydrogen-bond acceptors (Lipinski definition) is 3. The van der Waals surface area contributed by atoms with Crippen LogP contribution in [0, 0.1) is 5.92 Å². The number of benzene rings is 1. The topological polar surface area (TPSA) is 25.4 Å². The van der Waals surface area contributed by atoms with Crippen LogP contribution in [0.4, 0.5) is 0 Å². The number of nitrogens with zero attached hydrogens (tertiary/aromatic N) is 2. The number of fused-ring (bicyclic) bond motifs is 1. The minimum Gasteiger partial charge on any atom is -0.490 e. The molecular weight excluding hydrogens is 296 g/mol. The van der Waals surface area contributed by atoms with E-state index < -0.39 is 0 Å². The second-order valence-corrected chi connectivity index (χ2v) is 6.97. The number of halogens is 1. The van der Waals surface area contributed by atoms with Gasteiger partial charge in [-0.1, -0.05) is 11.6 Å². The zero-order valence-electron chi connectivity index (χ0n) is 12.7. The van der Waals surface area contributed by atoms with Crippen molar-refractivity contribution in [3.8, 4) is 5.75 Å². The first kappa shape index (κ1) is 14.3. The minimum atomic E-state index is 0.311. The fourth-order valence-electron chi connectivity index (χ4n) is 3.26. The number of aromatic nitrogens is 1. The lowest BCUT2D eigenvalue weighted by Crippen LogP contribution is -2.39. The van der Waals surface area contributed by atoms with Gasteiger partial charge in [0.25, 0.3) is 0 Å². The SMILES string of the molecule is Clc1cc(OC2CCN(CC3CC3)CC2)cc2ccncc12. The minimum absolute atomic E-state index is 0.311. The Kier molecular flexibility index (Phi) is 3.93. The molecule has 0 amide bonds. The Bertz CT molecular complexity index is 663. The summed E-state index contributed by atoms with van der Waals surface area (Å²) in [5.74, 6) is 1.86. The summed E-state index contributed by atoms with van der Waals surface area (Å²) in [4.78, 5) is 6.72. The van der Waals surface area contributed by atoms with Crippen molar-refractivity contribution in [3.05, 3.63) is 35.6 Å². The third kappa shape index (κ3) is 3.21. The van der Waals surface area contributed by atoms with E-state index >= 15 is 0 Å². The monoisotopic (exact) mass is 316 g/mol. The molecule has 0 bridgehead atoms. The standard InChI is InChI=1S/C18H21ClN2O/c19-18-10-16(9-14-3-6-20-11-17(14)18)22-15-4-7-21(8-5-15)12-13-1-2-13/h3,6,9-11,13,15H,1-2,4-5,7-8,12H2. The molecule has 2 fully saturated rings. The number of hydrogen-bond donors (Lipinski definition) is 0. The lowest BCUT2D eigenvalue weighted by molar-refractivity contribution is 0.0981. The maximum atomic E-state index is 6.34. The van der Waals surface area contributed by atoms with Crippen LogP contribution in [-0.2, 0) is 0 Å². The first-order chi connectivity index (χ1) is 10.8. The molecule has 1 saturated carbocycles. The van der Waals surface area contributed by atoms with Gasteiger partial charge in [-0.25, -0.2) is 0 Å². The molecule has 2 aliphatic rings. The highest BCUT2D eigenvalue weighted by Gasteiger charge is 2.27. The van der Waals surface area contributed by atoms with Gasteiger partial charge in [0.1, 0.15) is 11.9 Å². The summed E-state index contributed by atoms with van der Waals surface area (Å²) < 4.78 is 6.18. The highest BCUT2D eigenvalue weighted by molar-refractivity contribution is 6.35. The van der Waals surface area contributed by atoms with E-state index in [0.29, 0.717) is 11.1 Å². The van der Waals surface area contributed by atoms with Crippen LogP contribution in [0.5, 0.6) is 5.75 Å². The third-order valence-corrected chi connectivity index (χ3v) is 5.04. The average Bonchev–Trinajstić information content (AvgIpc) is 3.33. The molecule has 22 heavy (non-hydrogen) atoms. The van der Waals surface area contributed by atoms with Crippen LogP contribution in [0.3, 0.4) is 0 Å². The fraction of sp³-hybridized carbons (Fsp3) is 0.500. The Hall–Kier alpha value is -1.32. The van der Waals surface area contributed by atoms with Crippen LogP contribution >= 0.6 is 11.6 Å². The summed E-state index contributed by atoms with van der Waals surface area (Å²) in [5.41, 5.74) is 0. The Labute approximate surface area is 136 Å². The summed E-state index contributed by atoms with van der Waals surface area (Å²) in [7, 11) is 0. The lowest BCUT2D eigenvalue weighted by atomic mass is 10.1. The van der Waals surface area contributed by atoms with E-state index in [9.17, 15) is 0 Å². The second-order valence-electron chi connectivity index (χ2n) is 6.56. The van der Waals surface area contributed by atoms with Crippen molar-refractivity contribution in [2.45, 2.75) is 31.8 Å². The fourth-order valence-corrected chi connectivity index (χ4v) is 3.53. The predicted octanol–water partition coefficient (Wildman–Crippen LogP) is 4.14. The van der Waals surface area contributed by atoms with Crippen LogP contribution < -0.4 is 4.74 Å². The van der Waals surface area contributed by atoms with Crippen molar-refractivity contribution in [1.29, 1.82) is 0 Å². The van der Waals surface area contributed by atoms with Crippen molar-refractivity contribution in [2.24, 2.45) is 5.92 Å². The van der Waals surface area contributed by atoms with E-state index in [1.807, 2.05) is 12.1 Å². The van der Waals surface area contributed by atoms with Crippen molar-refractivity contribution >= 4 is 22.4 Å². The van der Waals surface area contributed by atoms with Gasteiger partial charge in [-0.3, -0.25) is 4.98 Å². The van der Waals surface area contributed by atoms with E-state index in [1.54, 1.807) is 12.4 Å².